The second kappa shape index (κ2) is 11.2. The number of carboxylic acids is 1. The highest BCUT2D eigenvalue weighted by atomic mass is 16.7. The molecule has 276 valence electrons. The van der Waals surface area contributed by atoms with E-state index in [1.165, 1.54) is 12.5 Å². The van der Waals surface area contributed by atoms with Crippen LogP contribution < -0.4 is 0 Å². The van der Waals surface area contributed by atoms with E-state index in [9.17, 15) is 35.1 Å². The van der Waals surface area contributed by atoms with Gasteiger partial charge < -0.3 is 44.5 Å². The molecule has 7 fully saturated rings. The van der Waals surface area contributed by atoms with E-state index in [4.69, 9.17) is 18.9 Å². The third-order valence-electron chi connectivity index (χ3n) is 16.2. The van der Waals surface area contributed by atoms with Crippen LogP contribution in [-0.2, 0) is 28.5 Å². The molecule has 0 aromatic heterocycles. The van der Waals surface area contributed by atoms with Crippen LogP contribution in [-0.4, -0.2) is 99.2 Å². The minimum Gasteiger partial charge on any atom is -0.481 e. The van der Waals surface area contributed by atoms with Gasteiger partial charge in [0.05, 0.1) is 19.1 Å². The Morgan fingerprint density at radius 2 is 1.67 bits per heavy atom. The highest BCUT2D eigenvalue weighted by Crippen LogP contribution is 2.85. The summed E-state index contributed by atoms with van der Waals surface area (Å²) in [7, 11) is 0. The van der Waals surface area contributed by atoms with Crippen molar-refractivity contribution in [1.29, 1.82) is 0 Å². The molecule has 11 heteroatoms. The number of fused-ring (bicyclic) bond motifs is 5. The minimum absolute atomic E-state index is 0.0935. The van der Waals surface area contributed by atoms with Gasteiger partial charge in [-0.15, -0.1) is 0 Å². The zero-order valence-electron chi connectivity index (χ0n) is 30.3. The number of esters is 1. The van der Waals surface area contributed by atoms with E-state index < -0.39 is 89.2 Å². The molecule has 1 unspecified atom stereocenters. The van der Waals surface area contributed by atoms with Crippen molar-refractivity contribution in [2.45, 2.75) is 142 Å². The van der Waals surface area contributed by atoms with Gasteiger partial charge in [-0.3, -0.25) is 9.59 Å². The number of aliphatic hydroxyl groups is 4. The van der Waals surface area contributed by atoms with Crippen LogP contribution in [0.2, 0.25) is 0 Å². The fourth-order valence-corrected chi connectivity index (χ4v) is 13.1. The van der Waals surface area contributed by atoms with E-state index in [1.807, 2.05) is 0 Å². The normalized spacial score (nSPS) is 54.9. The molecule has 2 spiro atoms. The molecule has 5 N–H and O–H groups in total. The maximum Gasteiger partial charge on any atom is 0.307 e. The van der Waals surface area contributed by atoms with Crippen molar-refractivity contribution in [3.05, 3.63) is 11.6 Å². The molecule has 0 aromatic carbocycles. The van der Waals surface area contributed by atoms with Gasteiger partial charge in [0.15, 0.2) is 12.4 Å². The summed E-state index contributed by atoms with van der Waals surface area (Å²) in [5, 5.41) is 52.6. The Labute approximate surface area is 289 Å². The summed E-state index contributed by atoms with van der Waals surface area (Å²) in [5.41, 5.74) is -1.69. The number of aliphatic hydroxyl groups excluding tert-OH is 4. The number of allylic oxidation sites excluding steroid dienone is 1. The van der Waals surface area contributed by atoms with Crippen LogP contribution in [0.4, 0.5) is 0 Å². The van der Waals surface area contributed by atoms with Gasteiger partial charge >= 0.3 is 11.9 Å². The van der Waals surface area contributed by atoms with E-state index in [0.717, 1.165) is 25.7 Å². The number of ether oxygens (including phenoxy) is 4. The van der Waals surface area contributed by atoms with Crippen LogP contribution in [0.15, 0.2) is 11.6 Å². The number of carbonyl (C=O) groups excluding carboxylic acids is 1. The first-order valence-corrected chi connectivity index (χ1v) is 18.5. The molecular weight excluding hydrogens is 632 g/mol. The summed E-state index contributed by atoms with van der Waals surface area (Å²) >= 11 is 0. The number of hydrogen-bond acceptors (Lipinski definition) is 10. The molecule has 3 aliphatic heterocycles. The third-order valence-corrected chi connectivity index (χ3v) is 16.2. The average molecular weight is 691 g/mol. The van der Waals surface area contributed by atoms with Crippen molar-refractivity contribution >= 4 is 11.9 Å². The summed E-state index contributed by atoms with van der Waals surface area (Å²) in [6.07, 6.45) is -1.62. The van der Waals surface area contributed by atoms with Gasteiger partial charge in [0.1, 0.15) is 36.1 Å². The largest absolute Gasteiger partial charge is 0.481 e. The van der Waals surface area contributed by atoms with Crippen LogP contribution >= 0.6 is 0 Å². The molecule has 3 heterocycles. The first-order valence-electron chi connectivity index (χ1n) is 18.5. The lowest BCUT2D eigenvalue weighted by Crippen LogP contribution is -2.73. The molecule has 8 aliphatic rings. The van der Waals surface area contributed by atoms with Crippen molar-refractivity contribution in [3.63, 3.8) is 0 Å². The predicted octanol–water partition coefficient (Wildman–Crippen LogP) is 3.44. The van der Waals surface area contributed by atoms with Gasteiger partial charge in [-0.25, -0.2) is 0 Å². The molecule has 0 radical (unpaired) electrons. The maximum absolute atomic E-state index is 13.4. The number of carboxylic acid groups (broad SMARTS) is 1. The molecular formula is C38H58O11. The van der Waals surface area contributed by atoms with E-state index >= 15 is 0 Å². The molecule has 0 amide bonds. The molecule has 4 saturated carbocycles. The van der Waals surface area contributed by atoms with E-state index in [-0.39, 0.29) is 28.6 Å². The van der Waals surface area contributed by atoms with Gasteiger partial charge in [0, 0.05) is 17.8 Å². The van der Waals surface area contributed by atoms with Crippen molar-refractivity contribution in [2.24, 2.45) is 56.7 Å². The van der Waals surface area contributed by atoms with Crippen molar-refractivity contribution in [2.75, 3.05) is 13.2 Å². The Bertz CT molecular complexity index is 1410. The fourth-order valence-electron chi connectivity index (χ4n) is 13.1. The van der Waals surface area contributed by atoms with Crippen molar-refractivity contribution in [3.8, 4) is 0 Å². The number of carbonyl (C=O) groups is 2. The zero-order chi connectivity index (χ0) is 35.9. The standard InChI is InChI=1S/C38H58O11/c1-18(2)19(3)33(5)13-14-35(7)21-9-10-24-34(6)17-46-38(16-37(24,38)22(21)11-12-36(35,8)28(33)31(44)45)30(47-20(4)40)29(34)49-32-27(43)26(42)25(41)23(15-39)48-32/h11,18-19,21,23-30,32,39,41-43H,9-10,12-17H2,1-8H3,(H,44,45)/t19-,21+,23-,24+,25-,26+,27-,28-,29+,30+,32+,33-,34-,35-,36+,37-,38?/m1/s1. The molecule has 17 atom stereocenters. The highest BCUT2D eigenvalue weighted by molar-refractivity contribution is 5.73. The first-order chi connectivity index (χ1) is 22.8. The molecule has 0 aromatic rings. The fraction of sp³-hybridized carbons (Fsp3) is 0.895. The van der Waals surface area contributed by atoms with Crippen LogP contribution in [0.3, 0.4) is 0 Å². The Morgan fingerprint density at radius 1 is 0.980 bits per heavy atom. The lowest BCUT2D eigenvalue weighted by molar-refractivity contribution is -0.364. The van der Waals surface area contributed by atoms with Crippen LogP contribution in [0.1, 0.15) is 93.9 Å². The van der Waals surface area contributed by atoms with E-state index in [0.29, 0.717) is 25.4 Å². The van der Waals surface area contributed by atoms with Gasteiger partial charge in [-0.1, -0.05) is 60.1 Å². The molecule has 8 rings (SSSR count). The second-order valence-electron chi connectivity index (χ2n) is 18.3. The second-order valence-corrected chi connectivity index (χ2v) is 18.3. The maximum atomic E-state index is 13.4. The van der Waals surface area contributed by atoms with Gasteiger partial charge in [0.25, 0.3) is 0 Å². The van der Waals surface area contributed by atoms with Crippen molar-refractivity contribution < 1.29 is 54.1 Å². The molecule has 11 nitrogen and oxygen atoms in total. The molecule has 2 bridgehead atoms. The lowest BCUT2D eigenvalue weighted by atomic mass is 9.35. The summed E-state index contributed by atoms with van der Waals surface area (Å²) in [6.45, 7) is 16.6. The van der Waals surface area contributed by atoms with Crippen LogP contribution in [0, 0.1) is 56.7 Å². The Morgan fingerprint density at radius 3 is 2.29 bits per heavy atom. The van der Waals surface area contributed by atoms with Gasteiger partial charge in [0.2, 0.25) is 0 Å². The minimum atomic E-state index is -1.60. The summed E-state index contributed by atoms with van der Waals surface area (Å²) in [5.74, 6) is -0.839. The predicted molar refractivity (Wildman–Crippen MR) is 176 cm³/mol. The van der Waals surface area contributed by atoms with Crippen molar-refractivity contribution in [1.82, 2.24) is 0 Å². The van der Waals surface area contributed by atoms with Gasteiger partial charge in [-0.2, -0.15) is 0 Å². The van der Waals surface area contributed by atoms with Gasteiger partial charge in [-0.05, 0) is 78.4 Å². The quantitative estimate of drug-likeness (QED) is 0.151. The summed E-state index contributed by atoms with van der Waals surface area (Å²) in [6, 6.07) is 0. The Hall–Kier alpha value is -1.60. The number of hydrogen-bond donors (Lipinski definition) is 5. The third kappa shape index (κ3) is 4.33. The summed E-state index contributed by atoms with van der Waals surface area (Å²) < 4.78 is 25.3. The van der Waals surface area contributed by atoms with Crippen LogP contribution in [0.25, 0.3) is 0 Å². The molecule has 5 aliphatic carbocycles. The SMILES string of the molecule is CC(=O)O[C@H]1[C@H](O[C@@H]2O[C@H](CO)[C@@H](O)[C@H](O)[C@H]2O)[C@]2(C)COC13C[C@]31C3=CC[C@@]4(C)[C@H](C(=O)O)[C@@](C)([C@H](C)C(C)C)CC[C@]4(C)[C@H]3CC[C@@H]21. The van der Waals surface area contributed by atoms with Crippen LogP contribution in [0.5, 0.6) is 0 Å². The lowest BCUT2D eigenvalue weighted by Gasteiger charge is -2.69. The molecule has 49 heavy (non-hydrogen) atoms. The van der Waals surface area contributed by atoms with E-state index in [1.54, 1.807) is 0 Å². The Kier molecular flexibility index (Phi) is 8.18. The average Bonchev–Trinajstić information content (AvgIpc) is 3.71. The highest BCUT2D eigenvalue weighted by Gasteiger charge is 2.89. The topological polar surface area (TPSA) is 172 Å². The van der Waals surface area contributed by atoms with E-state index in [2.05, 4.69) is 54.5 Å². The Balaban J connectivity index is 1.28. The number of rotatable bonds is 7. The first kappa shape index (κ1) is 35.8. The number of aliphatic carboxylic acids is 1. The smallest absolute Gasteiger partial charge is 0.307 e. The molecule has 3 saturated heterocycles. The summed E-state index contributed by atoms with van der Waals surface area (Å²) in [4.78, 5) is 26.1. The monoisotopic (exact) mass is 690 g/mol. The zero-order valence-corrected chi connectivity index (χ0v) is 30.3.